The summed E-state index contributed by atoms with van der Waals surface area (Å²) in [7, 11) is -3.96. The van der Waals surface area contributed by atoms with Crippen LogP contribution in [0.3, 0.4) is 0 Å². The van der Waals surface area contributed by atoms with Crippen LogP contribution in [0.5, 0.6) is 0 Å². The average Bonchev–Trinajstić information content (AvgIpc) is 3.11. The highest BCUT2D eigenvalue weighted by molar-refractivity contribution is 7.89. The second-order valence-electron chi connectivity index (χ2n) is 5.61. The molecule has 2 aromatic carbocycles. The maximum absolute atomic E-state index is 12.8. The lowest BCUT2D eigenvalue weighted by Gasteiger charge is -2.19. The number of carboxylic acids is 1. The smallest absolute Gasteiger partial charge is 0.318 e. The monoisotopic (exact) mass is 371 g/mol. The zero-order valence-corrected chi connectivity index (χ0v) is 14.6. The molecular formula is C19H17NO5S. The number of carbonyl (C=O) groups is 1. The predicted octanol–water partition coefficient (Wildman–Crippen LogP) is 3.22. The van der Waals surface area contributed by atoms with Crippen molar-refractivity contribution in [3.8, 4) is 11.3 Å². The van der Waals surface area contributed by atoms with Crippen molar-refractivity contribution in [2.45, 2.75) is 11.4 Å². The fourth-order valence-electron chi connectivity index (χ4n) is 2.51. The van der Waals surface area contributed by atoms with Gasteiger partial charge in [-0.25, -0.2) is 8.42 Å². The van der Waals surface area contributed by atoms with Gasteiger partial charge in [0.25, 0.3) is 0 Å². The molecule has 0 saturated carbocycles. The van der Waals surface area contributed by atoms with Gasteiger partial charge in [-0.3, -0.25) is 4.79 Å². The summed E-state index contributed by atoms with van der Waals surface area (Å²) in [4.78, 5) is 11.2. The van der Waals surface area contributed by atoms with E-state index in [9.17, 15) is 13.2 Å². The van der Waals surface area contributed by atoms with Crippen LogP contribution in [0.2, 0.25) is 0 Å². The minimum atomic E-state index is -3.96. The highest BCUT2D eigenvalue weighted by Gasteiger charge is 2.27. The molecule has 134 valence electrons. The quantitative estimate of drug-likeness (QED) is 0.689. The second-order valence-corrected chi connectivity index (χ2v) is 7.55. The third-order valence-electron chi connectivity index (χ3n) is 3.74. The number of rotatable bonds is 7. The molecule has 0 aliphatic heterocycles. The highest BCUT2D eigenvalue weighted by atomic mass is 32.2. The Labute approximate surface area is 151 Å². The van der Waals surface area contributed by atoms with Gasteiger partial charge in [0, 0.05) is 5.56 Å². The number of sulfonamides is 1. The van der Waals surface area contributed by atoms with E-state index >= 15 is 0 Å². The number of hydrogen-bond donors (Lipinski definition) is 1. The molecule has 0 aliphatic rings. The molecule has 26 heavy (non-hydrogen) atoms. The number of hydrogen-bond acceptors (Lipinski definition) is 4. The van der Waals surface area contributed by atoms with Crippen LogP contribution >= 0.6 is 0 Å². The first kappa shape index (κ1) is 17.9. The Balaban J connectivity index is 1.88. The van der Waals surface area contributed by atoms with E-state index in [0.29, 0.717) is 11.5 Å². The maximum atomic E-state index is 12.8. The lowest BCUT2D eigenvalue weighted by Crippen LogP contribution is -2.35. The maximum Gasteiger partial charge on any atom is 0.318 e. The summed E-state index contributed by atoms with van der Waals surface area (Å²) in [5.74, 6) is -0.281. The Hall–Kier alpha value is -2.90. The van der Waals surface area contributed by atoms with Gasteiger partial charge in [0.05, 0.1) is 11.4 Å². The summed E-state index contributed by atoms with van der Waals surface area (Å²) in [5.41, 5.74) is 0.856. The van der Waals surface area contributed by atoms with Crippen LogP contribution in [0.1, 0.15) is 5.76 Å². The Kier molecular flexibility index (Phi) is 5.20. The molecule has 0 atom stereocenters. The van der Waals surface area contributed by atoms with E-state index in [-0.39, 0.29) is 11.4 Å². The van der Waals surface area contributed by atoms with Crippen molar-refractivity contribution in [1.82, 2.24) is 4.31 Å². The van der Waals surface area contributed by atoms with E-state index in [1.807, 2.05) is 30.3 Å². The Morgan fingerprint density at radius 3 is 2.15 bits per heavy atom. The van der Waals surface area contributed by atoms with Crippen LogP contribution in [-0.2, 0) is 21.4 Å². The third-order valence-corrected chi connectivity index (χ3v) is 5.55. The molecule has 7 heteroatoms. The van der Waals surface area contributed by atoms with Crippen molar-refractivity contribution in [2.75, 3.05) is 6.54 Å². The molecule has 0 unspecified atom stereocenters. The summed E-state index contributed by atoms with van der Waals surface area (Å²) in [6, 6.07) is 20.5. The summed E-state index contributed by atoms with van der Waals surface area (Å²) < 4.78 is 32.1. The van der Waals surface area contributed by atoms with E-state index in [0.717, 1.165) is 9.87 Å². The average molecular weight is 371 g/mol. The molecule has 3 aromatic rings. The predicted molar refractivity (Wildman–Crippen MR) is 95.8 cm³/mol. The number of benzene rings is 2. The Bertz CT molecular complexity index is 981. The normalized spacial score (nSPS) is 11.6. The van der Waals surface area contributed by atoms with Gasteiger partial charge in [-0.2, -0.15) is 4.31 Å². The summed E-state index contributed by atoms with van der Waals surface area (Å²) in [6.07, 6.45) is 0. The van der Waals surface area contributed by atoms with Gasteiger partial charge in [-0.1, -0.05) is 48.5 Å². The number of aliphatic carboxylic acids is 1. The molecule has 0 aliphatic carbocycles. The highest BCUT2D eigenvalue weighted by Crippen LogP contribution is 2.24. The molecule has 0 bridgehead atoms. The van der Waals surface area contributed by atoms with Crippen molar-refractivity contribution in [1.29, 1.82) is 0 Å². The lowest BCUT2D eigenvalue weighted by molar-refractivity contribution is -0.137. The molecule has 0 radical (unpaired) electrons. The number of carboxylic acid groups (broad SMARTS) is 1. The van der Waals surface area contributed by atoms with Gasteiger partial charge in [0.2, 0.25) is 10.0 Å². The standard InChI is InChI=1S/C19H17NO5S/c21-19(22)14-20(26(23,24)17-9-5-2-6-10-17)13-16-11-12-18(25-16)15-7-3-1-4-8-15/h1-12H,13-14H2,(H,21,22). The second kappa shape index (κ2) is 7.55. The van der Waals surface area contributed by atoms with Crippen LogP contribution in [0, 0.1) is 0 Å². The van der Waals surface area contributed by atoms with Crippen molar-refractivity contribution in [3.63, 3.8) is 0 Å². The lowest BCUT2D eigenvalue weighted by atomic mass is 10.2. The fourth-order valence-corrected chi connectivity index (χ4v) is 3.89. The molecule has 0 amide bonds. The van der Waals surface area contributed by atoms with Gasteiger partial charge in [0.1, 0.15) is 18.1 Å². The van der Waals surface area contributed by atoms with Crippen LogP contribution in [0.15, 0.2) is 82.1 Å². The van der Waals surface area contributed by atoms with E-state index in [2.05, 4.69) is 0 Å². The molecule has 1 aromatic heterocycles. The number of furan rings is 1. The van der Waals surface area contributed by atoms with Gasteiger partial charge in [-0.15, -0.1) is 0 Å². The minimum absolute atomic E-state index is 0.0380. The largest absolute Gasteiger partial charge is 0.480 e. The minimum Gasteiger partial charge on any atom is -0.480 e. The van der Waals surface area contributed by atoms with E-state index < -0.39 is 22.5 Å². The van der Waals surface area contributed by atoms with Crippen molar-refractivity contribution < 1.29 is 22.7 Å². The van der Waals surface area contributed by atoms with Crippen LogP contribution in [0.25, 0.3) is 11.3 Å². The van der Waals surface area contributed by atoms with Gasteiger partial charge in [-0.05, 0) is 24.3 Å². The van der Waals surface area contributed by atoms with Crippen LogP contribution in [-0.4, -0.2) is 30.3 Å². The topological polar surface area (TPSA) is 87.8 Å². The van der Waals surface area contributed by atoms with Crippen molar-refractivity contribution in [2.24, 2.45) is 0 Å². The molecule has 3 rings (SSSR count). The van der Waals surface area contributed by atoms with Gasteiger partial charge < -0.3 is 9.52 Å². The summed E-state index contributed by atoms with van der Waals surface area (Å²) >= 11 is 0. The fraction of sp³-hybridized carbons (Fsp3) is 0.105. The Morgan fingerprint density at radius 2 is 1.54 bits per heavy atom. The molecule has 0 fully saturated rings. The van der Waals surface area contributed by atoms with E-state index in [1.54, 1.807) is 30.3 Å². The first-order valence-corrected chi connectivity index (χ1v) is 9.32. The molecule has 0 saturated heterocycles. The summed E-state index contributed by atoms with van der Waals surface area (Å²) in [5, 5.41) is 9.12. The summed E-state index contributed by atoms with van der Waals surface area (Å²) in [6.45, 7) is -0.824. The third kappa shape index (κ3) is 4.01. The molecule has 1 heterocycles. The molecule has 0 spiro atoms. The Morgan fingerprint density at radius 1 is 0.923 bits per heavy atom. The molecular weight excluding hydrogens is 354 g/mol. The number of nitrogens with zero attached hydrogens (tertiary/aromatic N) is 1. The van der Waals surface area contributed by atoms with Crippen molar-refractivity contribution in [3.05, 3.63) is 78.6 Å². The SMILES string of the molecule is O=C(O)CN(Cc1ccc(-c2ccccc2)o1)S(=O)(=O)c1ccccc1. The van der Waals surface area contributed by atoms with E-state index in [4.69, 9.17) is 9.52 Å². The first-order chi connectivity index (χ1) is 12.5. The van der Waals surface area contributed by atoms with Gasteiger partial charge in [0.15, 0.2) is 0 Å². The van der Waals surface area contributed by atoms with Gasteiger partial charge >= 0.3 is 5.97 Å². The first-order valence-electron chi connectivity index (χ1n) is 7.88. The molecule has 6 nitrogen and oxygen atoms in total. The van der Waals surface area contributed by atoms with E-state index in [1.165, 1.54) is 12.1 Å². The van der Waals surface area contributed by atoms with Crippen molar-refractivity contribution >= 4 is 16.0 Å². The van der Waals surface area contributed by atoms with Crippen LogP contribution < -0.4 is 0 Å². The molecule has 1 N–H and O–H groups in total. The zero-order valence-electron chi connectivity index (χ0n) is 13.8. The zero-order chi connectivity index (χ0) is 18.6. The van der Waals surface area contributed by atoms with Crippen LogP contribution in [0.4, 0.5) is 0 Å².